The van der Waals surface area contributed by atoms with Gasteiger partial charge in [-0.2, -0.15) is 0 Å². The lowest BCUT2D eigenvalue weighted by Crippen LogP contribution is -2.46. The maximum atomic E-state index is 15.0. The van der Waals surface area contributed by atoms with Crippen molar-refractivity contribution in [1.29, 1.82) is 0 Å². The first-order valence-electron chi connectivity index (χ1n) is 11.3. The Hall–Kier alpha value is -4.18. The van der Waals surface area contributed by atoms with Gasteiger partial charge in [0.2, 0.25) is 11.8 Å². The van der Waals surface area contributed by atoms with Gasteiger partial charge in [0.1, 0.15) is 29.7 Å². The fraction of sp³-hybridized carbons (Fsp3) is 0.231. The van der Waals surface area contributed by atoms with Crippen LogP contribution in [0.3, 0.4) is 0 Å². The van der Waals surface area contributed by atoms with E-state index in [-0.39, 0.29) is 30.9 Å². The number of benzene rings is 3. The smallest absolute Gasteiger partial charge is 0.249 e. The molecule has 0 aliphatic rings. The number of aryl methyl sites for hydroxylation is 1. The van der Waals surface area contributed by atoms with Gasteiger partial charge in [-0.1, -0.05) is 41.6 Å². The molecule has 3 aromatic carbocycles. The van der Waals surface area contributed by atoms with Gasteiger partial charge in [-0.25, -0.2) is 13.5 Å². The zero-order valence-electron chi connectivity index (χ0n) is 19.8. The molecule has 1 N–H and O–H groups in total. The van der Waals surface area contributed by atoms with E-state index in [0.717, 1.165) is 11.0 Å². The van der Waals surface area contributed by atoms with Crippen LogP contribution in [0.15, 0.2) is 66.7 Å². The number of nitrogens with one attached hydrogen (secondary N) is 1. The summed E-state index contributed by atoms with van der Waals surface area (Å²) in [5, 5.41) is 10.8. The van der Waals surface area contributed by atoms with Crippen LogP contribution in [0.5, 0.6) is 0 Å². The van der Waals surface area contributed by atoms with Crippen LogP contribution < -0.4 is 10.2 Å². The second-order valence-corrected chi connectivity index (χ2v) is 8.14. The van der Waals surface area contributed by atoms with Crippen molar-refractivity contribution in [2.24, 2.45) is 0 Å². The number of carbonyl (C=O) groups is 2. The summed E-state index contributed by atoms with van der Waals surface area (Å²) in [5.74, 6) is -2.50. The highest BCUT2D eigenvalue weighted by Gasteiger charge is 2.35. The maximum absolute atomic E-state index is 15.0. The van der Waals surface area contributed by atoms with Crippen molar-refractivity contribution >= 4 is 28.5 Å². The summed E-state index contributed by atoms with van der Waals surface area (Å²) in [6.07, 6.45) is 0. The Bertz CT molecular complexity index is 1390. The number of hydrogen-bond acceptors (Lipinski definition) is 5. The van der Waals surface area contributed by atoms with E-state index in [0.29, 0.717) is 16.6 Å². The highest BCUT2D eigenvalue weighted by Crippen LogP contribution is 2.31. The third-order valence-corrected chi connectivity index (χ3v) is 5.72. The molecule has 1 heterocycles. The van der Waals surface area contributed by atoms with Crippen molar-refractivity contribution in [1.82, 2.24) is 20.3 Å². The second-order valence-electron chi connectivity index (χ2n) is 8.14. The van der Waals surface area contributed by atoms with E-state index < -0.39 is 29.5 Å². The van der Waals surface area contributed by atoms with Gasteiger partial charge in [-0.05, 0) is 42.8 Å². The number of fused-ring (bicyclic) bond motifs is 1. The number of nitrogens with zero attached hydrogens (tertiary/aromatic N) is 4. The van der Waals surface area contributed by atoms with Crippen molar-refractivity contribution in [3.05, 3.63) is 89.5 Å². The Morgan fingerprint density at radius 1 is 1.06 bits per heavy atom. The number of halogens is 2. The Balaban J connectivity index is 1.81. The number of amides is 2. The van der Waals surface area contributed by atoms with Crippen LogP contribution in [0.1, 0.15) is 17.2 Å². The standard InChI is InChI=1S/C26H25F2N5O3/c1-17-11-12-18(15-21(17)28)33(24(34)16-32-23-10-6-5-9-22(23)30-31-32)25(26(35)29-13-14-36-2)19-7-3-4-8-20(19)27/h3-12,15,25H,13-14,16H2,1-2H3,(H,29,35)/t25-/m1/s1. The highest BCUT2D eigenvalue weighted by molar-refractivity contribution is 6.01. The molecular weight excluding hydrogens is 468 g/mol. The monoisotopic (exact) mass is 493 g/mol. The Labute approximate surface area is 206 Å². The van der Waals surface area contributed by atoms with Gasteiger partial charge in [-0.15, -0.1) is 5.10 Å². The molecule has 1 atom stereocenters. The summed E-state index contributed by atoms with van der Waals surface area (Å²) in [4.78, 5) is 28.3. The largest absolute Gasteiger partial charge is 0.383 e. The van der Waals surface area contributed by atoms with E-state index in [1.165, 1.54) is 42.1 Å². The average molecular weight is 494 g/mol. The van der Waals surface area contributed by atoms with Crippen LogP contribution in [0.2, 0.25) is 0 Å². The lowest BCUT2D eigenvalue weighted by atomic mass is 10.0. The fourth-order valence-electron chi connectivity index (χ4n) is 3.87. The Kier molecular flexibility index (Phi) is 7.65. The normalized spacial score (nSPS) is 11.9. The molecule has 10 heteroatoms. The number of methoxy groups -OCH3 is 1. The topological polar surface area (TPSA) is 89.4 Å². The minimum atomic E-state index is -1.42. The SMILES string of the molecule is COCCNC(=O)[C@@H](c1ccccc1F)N(C(=O)Cn1nnc2ccccc21)c1ccc(C)c(F)c1. The van der Waals surface area contributed by atoms with E-state index in [2.05, 4.69) is 15.6 Å². The van der Waals surface area contributed by atoms with Gasteiger partial charge in [0, 0.05) is 24.9 Å². The summed E-state index contributed by atoms with van der Waals surface area (Å²) in [6.45, 7) is 1.62. The first kappa shape index (κ1) is 24.9. The molecular formula is C26H25F2N5O3. The van der Waals surface area contributed by atoms with Crippen LogP contribution in [-0.4, -0.2) is 47.1 Å². The van der Waals surface area contributed by atoms with E-state index in [1.54, 1.807) is 37.3 Å². The predicted molar refractivity (Wildman–Crippen MR) is 130 cm³/mol. The maximum Gasteiger partial charge on any atom is 0.249 e. The number of aromatic nitrogens is 3. The number of carbonyl (C=O) groups excluding carboxylic acids is 2. The van der Waals surface area contributed by atoms with Crippen LogP contribution >= 0.6 is 0 Å². The lowest BCUT2D eigenvalue weighted by Gasteiger charge is -2.32. The van der Waals surface area contributed by atoms with Gasteiger partial charge in [0.05, 0.1) is 12.1 Å². The molecule has 0 saturated carbocycles. The number of rotatable bonds is 9. The summed E-state index contributed by atoms with van der Waals surface area (Å²) >= 11 is 0. The van der Waals surface area contributed by atoms with Crippen molar-refractivity contribution in [3.63, 3.8) is 0 Å². The molecule has 36 heavy (non-hydrogen) atoms. The third kappa shape index (κ3) is 5.23. The number of ether oxygens (including phenoxy) is 1. The number of hydrogen-bond donors (Lipinski definition) is 1. The van der Waals surface area contributed by atoms with Gasteiger partial charge >= 0.3 is 0 Å². The lowest BCUT2D eigenvalue weighted by molar-refractivity contribution is -0.127. The molecule has 0 aliphatic heterocycles. The highest BCUT2D eigenvalue weighted by atomic mass is 19.1. The quantitative estimate of drug-likeness (QED) is 0.360. The zero-order chi connectivity index (χ0) is 25.7. The first-order valence-corrected chi connectivity index (χ1v) is 11.3. The van der Waals surface area contributed by atoms with Crippen molar-refractivity contribution in [2.45, 2.75) is 19.5 Å². The molecule has 4 rings (SSSR count). The predicted octanol–water partition coefficient (Wildman–Crippen LogP) is 3.56. The van der Waals surface area contributed by atoms with Gasteiger partial charge in [-0.3, -0.25) is 14.5 Å². The summed E-state index contributed by atoms with van der Waals surface area (Å²) in [5.41, 5.74) is 1.61. The molecule has 0 spiro atoms. The van der Waals surface area contributed by atoms with E-state index in [4.69, 9.17) is 4.74 Å². The molecule has 0 fully saturated rings. The zero-order valence-corrected chi connectivity index (χ0v) is 19.8. The molecule has 0 aliphatic carbocycles. The third-order valence-electron chi connectivity index (χ3n) is 5.72. The first-order chi connectivity index (χ1) is 17.4. The molecule has 8 nitrogen and oxygen atoms in total. The average Bonchev–Trinajstić information content (AvgIpc) is 3.27. The molecule has 0 bridgehead atoms. The van der Waals surface area contributed by atoms with E-state index >= 15 is 4.39 Å². The van der Waals surface area contributed by atoms with Crippen LogP contribution in [-0.2, 0) is 20.9 Å². The second kappa shape index (κ2) is 11.0. The summed E-state index contributed by atoms with van der Waals surface area (Å²) in [7, 11) is 1.48. The summed E-state index contributed by atoms with van der Waals surface area (Å²) in [6, 6.07) is 15.5. The molecule has 1 aromatic heterocycles. The number of para-hydroxylation sites is 1. The van der Waals surface area contributed by atoms with E-state index in [1.807, 2.05) is 0 Å². The molecule has 2 amide bonds. The fourth-order valence-corrected chi connectivity index (χ4v) is 3.87. The minimum Gasteiger partial charge on any atom is -0.383 e. The molecule has 0 unspecified atom stereocenters. The Morgan fingerprint density at radius 3 is 2.56 bits per heavy atom. The molecule has 186 valence electrons. The van der Waals surface area contributed by atoms with Crippen molar-refractivity contribution in [2.75, 3.05) is 25.2 Å². The van der Waals surface area contributed by atoms with Crippen LogP contribution in [0, 0.1) is 18.6 Å². The number of anilines is 1. The van der Waals surface area contributed by atoms with Crippen molar-refractivity contribution < 1.29 is 23.1 Å². The van der Waals surface area contributed by atoms with Gasteiger partial charge in [0.15, 0.2) is 0 Å². The van der Waals surface area contributed by atoms with Crippen molar-refractivity contribution in [3.8, 4) is 0 Å². The minimum absolute atomic E-state index is 0.0369. The summed E-state index contributed by atoms with van der Waals surface area (Å²) < 4.78 is 36.0. The van der Waals surface area contributed by atoms with Crippen LogP contribution in [0.25, 0.3) is 11.0 Å². The van der Waals surface area contributed by atoms with Gasteiger partial charge < -0.3 is 10.1 Å². The van der Waals surface area contributed by atoms with E-state index in [9.17, 15) is 14.0 Å². The molecule has 0 radical (unpaired) electrons. The van der Waals surface area contributed by atoms with Crippen LogP contribution in [0.4, 0.5) is 14.5 Å². The molecule has 4 aromatic rings. The molecule has 0 saturated heterocycles. The Morgan fingerprint density at radius 2 is 1.81 bits per heavy atom. The van der Waals surface area contributed by atoms with Gasteiger partial charge in [0.25, 0.3) is 0 Å².